The topological polar surface area (TPSA) is 74.9 Å². The Morgan fingerprint density at radius 3 is 2.50 bits per heavy atom. The van der Waals surface area contributed by atoms with Crippen molar-refractivity contribution >= 4 is 26.6 Å². The molecule has 5 nitrogen and oxygen atoms in total. The predicted molar refractivity (Wildman–Crippen MR) is 105 cm³/mol. The Kier molecular flexibility index (Phi) is 5.01. The fraction of sp³-hybridized carbons (Fsp3) is 0.250. The summed E-state index contributed by atoms with van der Waals surface area (Å²) in [6, 6.07) is 17.3. The summed E-state index contributed by atoms with van der Waals surface area (Å²) in [5.41, 5.74) is 4.53. The Morgan fingerprint density at radius 1 is 1.12 bits per heavy atom. The third-order valence-electron chi connectivity index (χ3n) is 4.36. The smallest absolute Gasteiger partial charge is 0.232 e. The Hall–Kier alpha value is -2.78. The average Bonchev–Trinajstić information content (AvgIpc) is 2.90. The zero-order valence-corrected chi connectivity index (χ0v) is 15.7. The molecule has 6 heteroatoms. The summed E-state index contributed by atoms with van der Waals surface area (Å²) >= 11 is 0. The number of anilines is 1. The van der Waals surface area contributed by atoms with Crippen LogP contribution >= 0.6 is 0 Å². The molecule has 134 valence electrons. The van der Waals surface area contributed by atoms with E-state index in [1.54, 1.807) is 6.07 Å². The van der Waals surface area contributed by atoms with Crippen LogP contribution in [0.15, 0.2) is 48.5 Å². The molecule has 0 aliphatic rings. The van der Waals surface area contributed by atoms with Gasteiger partial charge < -0.3 is 4.57 Å². The van der Waals surface area contributed by atoms with Gasteiger partial charge in [-0.1, -0.05) is 19.1 Å². The van der Waals surface area contributed by atoms with Gasteiger partial charge in [-0.2, -0.15) is 5.26 Å². The lowest BCUT2D eigenvalue weighted by Gasteiger charge is -2.07. The third-order valence-corrected chi connectivity index (χ3v) is 5.85. The number of rotatable bonds is 6. The molecule has 0 unspecified atom stereocenters. The number of hydrogen-bond acceptors (Lipinski definition) is 3. The van der Waals surface area contributed by atoms with Gasteiger partial charge in [-0.3, -0.25) is 4.72 Å². The highest BCUT2D eigenvalue weighted by Crippen LogP contribution is 2.25. The van der Waals surface area contributed by atoms with E-state index in [0.717, 1.165) is 28.6 Å². The van der Waals surface area contributed by atoms with E-state index in [4.69, 9.17) is 5.26 Å². The SMILES string of the molecule is CCCS(=O)(=O)Nc1ccc2c(c1)cc(Cc1ccc(C#N)cc1)n2C. The van der Waals surface area contributed by atoms with Crippen LogP contribution in [-0.4, -0.2) is 18.7 Å². The lowest BCUT2D eigenvalue weighted by molar-refractivity contribution is 0.600. The van der Waals surface area contributed by atoms with Crippen LogP contribution in [0.1, 0.15) is 30.2 Å². The summed E-state index contributed by atoms with van der Waals surface area (Å²) in [4.78, 5) is 0. The molecule has 0 bridgehead atoms. The zero-order chi connectivity index (χ0) is 18.7. The van der Waals surface area contributed by atoms with Crippen LogP contribution in [0.2, 0.25) is 0 Å². The molecule has 1 N–H and O–H groups in total. The van der Waals surface area contributed by atoms with Gasteiger partial charge in [0, 0.05) is 35.8 Å². The molecule has 1 heterocycles. The van der Waals surface area contributed by atoms with E-state index < -0.39 is 10.0 Å². The summed E-state index contributed by atoms with van der Waals surface area (Å²) < 4.78 is 28.7. The summed E-state index contributed by atoms with van der Waals surface area (Å²) in [7, 11) is -1.29. The molecule has 0 saturated carbocycles. The lowest BCUT2D eigenvalue weighted by atomic mass is 10.1. The molecule has 0 atom stereocenters. The standard InChI is InChI=1S/C20H21N3O2S/c1-3-10-26(24,25)22-18-8-9-20-17(12-18)13-19(23(20)2)11-15-4-6-16(14-21)7-5-15/h4-9,12-13,22H,3,10-11H2,1-2H3. The van der Waals surface area contributed by atoms with E-state index in [0.29, 0.717) is 17.7 Å². The minimum absolute atomic E-state index is 0.115. The normalized spacial score (nSPS) is 11.4. The van der Waals surface area contributed by atoms with Gasteiger partial charge in [0.15, 0.2) is 0 Å². The third kappa shape index (κ3) is 3.89. The Bertz CT molecular complexity index is 1070. The molecule has 2 aromatic carbocycles. The molecule has 0 aliphatic heterocycles. The van der Waals surface area contributed by atoms with Gasteiger partial charge in [-0.25, -0.2) is 8.42 Å². The number of hydrogen-bond donors (Lipinski definition) is 1. The number of sulfonamides is 1. The Balaban J connectivity index is 1.88. The van der Waals surface area contributed by atoms with Crippen LogP contribution in [0.5, 0.6) is 0 Å². The number of aromatic nitrogens is 1. The first-order valence-corrected chi connectivity index (χ1v) is 10.1. The molecule has 0 aliphatic carbocycles. The van der Waals surface area contributed by atoms with Gasteiger partial charge in [0.25, 0.3) is 0 Å². The van der Waals surface area contributed by atoms with Crippen LogP contribution in [0, 0.1) is 11.3 Å². The second-order valence-electron chi connectivity index (χ2n) is 6.37. The maximum atomic E-state index is 12.0. The molecule has 3 rings (SSSR count). The van der Waals surface area contributed by atoms with Crippen molar-refractivity contribution in [2.24, 2.45) is 7.05 Å². The van der Waals surface area contributed by atoms with Crippen molar-refractivity contribution in [1.82, 2.24) is 4.57 Å². The lowest BCUT2D eigenvalue weighted by Crippen LogP contribution is -2.15. The van der Waals surface area contributed by atoms with Gasteiger partial charge in [0.05, 0.1) is 17.4 Å². The minimum atomic E-state index is -3.30. The Labute approximate surface area is 153 Å². The average molecular weight is 367 g/mol. The van der Waals surface area contributed by atoms with Gasteiger partial charge in [-0.05, 0) is 48.4 Å². The molecule has 0 amide bonds. The first kappa shape index (κ1) is 18.0. The van der Waals surface area contributed by atoms with Crippen molar-refractivity contribution < 1.29 is 8.42 Å². The predicted octanol–water partition coefficient (Wildman–Crippen LogP) is 3.79. The molecule has 0 fully saturated rings. The number of nitriles is 1. The van der Waals surface area contributed by atoms with Crippen molar-refractivity contribution in [2.45, 2.75) is 19.8 Å². The van der Waals surface area contributed by atoms with E-state index >= 15 is 0 Å². The van der Waals surface area contributed by atoms with Crippen LogP contribution in [-0.2, 0) is 23.5 Å². The van der Waals surface area contributed by atoms with E-state index in [-0.39, 0.29) is 5.75 Å². The summed E-state index contributed by atoms with van der Waals surface area (Å²) in [6.07, 6.45) is 1.32. The van der Waals surface area contributed by atoms with Crippen molar-refractivity contribution in [2.75, 3.05) is 10.5 Å². The number of benzene rings is 2. The molecule has 3 aromatic rings. The summed E-state index contributed by atoms with van der Waals surface area (Å²) in [5, 5.41) is 9.89. The van der Waals surface area contributed by atoms with E-state index in [9.17, 15) is 8.42 Å². The Morgan fingerprint density at radius 2 is 1.85 bits per heavy atom. The second kappa shape index (κ2) is 7.22. The van der Waals surface area contributed by atoms with Gasteiger partial charge in [-0.15, -0.1) is 0 Å². The fourth-order valence-corrected chi connectivity index (χ4v) is 4.17. The highest BCUT2D eigenvalue weighted by molar-refractivity contribution is 7.92. The molecule has 0 spiro atoms. The van der Waals surface area contributed by atoms with E-state index in [2.05, 4.69) is 21.4 Å². The fourth-order valence-electron chi connectivity index (χ4n) is 3.05. The van der Waals surface area contributed by atoms with E-state index in [1.807, 2.05) is 50.4 Å². The quantitative estimate of drug-likeness (QED) is 0.720. The molecule has 26 heavy (non-hydrogen) atoms. The van der Waals surface area contributed by atoms with Crippen LogP contribution in [0.25, 0.3) is 10.9 Å². The maximum absolute atomic E-state index is 12.0. The zero-order valence-electron chi connectivity index (χ0n) is 14.9. The molecule has 0 radical (unpaired) electrons. The minimum Gasteiger partial charge on any atom is -0.347 e. The van der Waals surface area contributed by atoms with Crippen LogP contribution in [0.4, 0.5) is 5.69 Å². The molecule has 0 saturated heterocycles. The largest absolute Gasteiger partial charge is 0.347 e. The van der Waals surface area contributed by atoms with E-state index in [1.165, 1.54) is 0 Å². The summed E-state index contributed by atoms with van der Waals surface area (Å²) in [6.45, 7) is 1.84. The van der Waals surface area contributed by atoms with Crippen LogP contribution < -0.4 is 4.72 Å². The highest BCUT2D eigenvalue weighted by atomic mass is 32.2. The number of nitrogens with zero attached hydrogens (tertiary/aromatic N) is 2. The first-order chi connectivity index (χ1) is 12.4. The van der Waals surface area contributed by atoms with Gasteiger partial charge in [0.1, 0.15) is 0 Å². The monoisotopic (exact) mass is 367 g/mol. The second-order valence-corrected chi connectivity index (χ2v) is 8.22. The van der Waals surface area contributed by atoms with Crippen LogP contribution in [0.3, 0.4) is 0 Å². The van der Waals surface area contributed by atoms with Gasteiger partial charge >= 0.3 is 0 Å². The molecular formula is C20H21N3O2S. The van der Waals surface area contributed by atoms with Crippen molar-refractivity contribution in [1.29, 1.82) is 5.26 Å². The van der Waals surface area contributed by atoms with Crippen molar-refractivity contribution in [3.8, 4) is 6.07 Å². The van der Waals surface area contributed by atoms with Gasteiger partial charge in [0.2, 0.25) is 10.0 Å². The van der Waals surface area contributed by atoms with Crippen molar-refractivity contribution in [3.05, 3.63) is 65.4 Å². The molecular weight excluding hydrogens is 346 g/mol. The number of nitrogens with one attached hydrogen (secondary N) is 1. The first-order valence-electron chi connectivity index (χ1n) is 8.50. The maximum Gasteiger partial charge on any atom is 0.232 e. The number of fused-ring (bicyclic) bond motifs is 1. The van der Waals surface area contributed by atoms with Crippen molar-refractivity contribution in [3.63, 3.8) is 0 Å². The number of aryl methyl sites for hydroxylation is 1. The summed E-state index contributed by atoms with van der Waals surface area (Å²) in [5.74, 6) is 0.115. The molecule has 1 aromatic heterocycles. The highest BCUT2D eigenvalue weighted by Gasteiger charge is 2.11.